The Morgan fingerprint density at radius 3 is 2.15 bits per heavy atom. The zero-order chi connectivity index (χ0) is 23.2. The van der Waals surface area contributed by atoms with Gasteiger partial charge in [0, 0.05) is 18.7 Å². The van der Waals surface area contributed by atoms with Crippen LogP contribution in [-0.4, -0.2) is 46.9 Å². The number of morpholine rings is 1. The molecule has 4 aromatic rings. The van der Waals surface area contributed by atoms with E-state index in [0.29, 0.717) is 25.3 Å². The first-order valence-electron chi connectivity index (χ1n) is 11.4. The quantitative estimate of drug-likeness (QED) is 0.270. The van der Waals surface area contributed by atoms with Gasteiger partial charge in [-0.2, -0.15) is 0 Å². The van der Waals surface area contributed by atoms with Crippen LogP contribution in [0.3, 0.4) is 0 Å². The summed E-state index contributed by atoms with van der Waals surface area (Å²) in [7, 11) is 0. The standard InChI is InChI=1S/C27H26N4O2S/c32-24(22-12-6-2-7-13-22)25(23-14-8-3-9-15-23)34-27-29-28-26(30-16-18-33-19-17-30)31(27)20-21-10-4-1-5-11-21/h1-15,25H,16-20H2/t25-/m0/s1. The number of rotatable bonds is 8. The zero-order valence-corrected chi connectivity index (χ0v) is 19.6. The van der Waals surface area contributed by atoms with Gasteiger partial charge < -0.3 is 9.64 Å². The highest BCUT2D eigenvalue weighted by atomic mass is 32.2. The number of carbonyl (C=O) groups is 1. The number of ether oxygens (including phenoxy) is 1. The van der Waals surface area contributed by atoms with E-state index in [1.54, 1.807) is 0 Å². The van der Waals surface area contributed by atoms with Crippen molar-refractivity contribution in [3.8, 4) is 0 Å². The van der Waals surface area contributed by atoms with Gasteiger partial charge in [-0.15, -0.1) is 10.2 Å². The van der Waals surface area contributed by atoms with Crippen LogP contribution in [0.15, 0.2) is 96.2 Å². The minimum atomic E-state index is -0.431. The smallest absolute Gasteiger partial charge is 0.228 e. The Hall–Kier alpha value is -3.42. The van der Waals surface area contributed by atoms with Gasteiger partial charge in [-0.25, -0.2) is 0 Å². The van der Waals surface area contributed by atoms with Crippen molar-refractivity contribution in [2.75, 3.05) is 31.2 Å². The lowest BCUT2D eigenvalue weighted by Gasteiger charge is -2.28. The number of Topliss-reactive ketones (excluding diaryl/α,β-unsaturated/α-hetero) is 1. The Balaban J connectivity index is 1.52. The molecular formula is C27H26N4O2S. The van der Waals surface area contributed by atoms with E-state index in [4.69, 9.17) is 4.74 Å². The number of carbonyl (C=O) groups excluding carboxylic acids is 1. The molecule has 1 fully saturated rings. The van der Waals surface area contributed by atoms with Crippen LogP contribution in [0.2, 0.25) is 0 Å². The summed E-state index contributed by atoms with van der Waals surface area (Å²) in [4.78, 5) is 15.8. The van der Waals surface area contributed by atoms with E-state index in [-0.39, 0.29) is 5.78 Å². The molecule has 1 atom stereocenters. The third kappa shape index (κ3) is 5.05. The molecule has 172 valence electrons. The molecule has 0 saturated carbocycles. The second-order valence-corrected chi connectivity index (χ2v) is 9.16. The molecule has 1 aliphatic heterocycles. The summed E-state index contributed by atoms with van der Waals surface area (Å²) in [6.07, 6.45) is 0. The van der Waals surface area contributed by atoms with Crippen LogP contribution in [0.4, 0.5) is 5.95 Å². The molecular weight excluding hydrogens is 444 g/mol. The average Bonchev–Trinajstić information content (AvgIpc) is 3.31. The number of aromatic nitrogens is 3. The maximum Gasteiger partial charge on any atom is 0.228 e. The minimum absolute atomic E-state index is 0.0546. The third-order valence-corrected chi connectivity index (χ3v) is 7.03. The molecule has 1 aromatic heterocycles. The fourth-order valence-electron chi connectivity index (χ4n) is 4.03. The van der Waals surface area contributed by atoms with Gasteiger partial charge >= 0.3 is 0 Å². The van der Waals surface area contributed by atoms with Gasteiger partial charge in [-0.1, -0.05) is 103 Å². The summed E-state index contributed by atoms with van der Waals surface area (Å²) in [6.45, 7) is 3.49. The van der Waals surface area contributed by atoms with Crippen LogP contribution in [0, 0.1) is 0 Å². The number of anilines is 1. The van der Waals surface area contributed by atoms with E-state index in [2.05, 4.69) is 31.8 Å². The first-order chi connectivity index (χ1) is 16.8. The van der Waals surface area contributed by atoms with Crippen molar-refractivity contribution in [1.82, 2.24) is 14.8 Å². The second kappa shape index (κ2) is 10.7. The van der Waals surface area contributed by atoms with Gasteiger partial charge in [0.2, 0.25) is 5.95 Å². The molecule has 0 aliphatic carbocycles. The lowest BCUT2D eigenvalue weighted by molar-refractivity contribution is 0.0989. The van der Waals surface area contributed by atoms with Crippen molar-refractivity contribution in [2.45, 2.75) is 17.0 Å². The number of thioether (sulfide) groups is 1. The van der Waals surface area contributed by atoms with Crippen LogP contribution < -0.4 is 4.90 Å². The molecule has 3 aromatic carbocycles. The maximum atomic E-state index is 13.6. The van der Waals surface area contributed by atoms with E-state index in [1.165, 1.54) is 11.8 Å². The molecule has 0 amide bonds. The number of ketones is 1. The van der Waals surface area contributed by atoms with Gasteiger partial charge in [0.1, 0.15) is 5.25 Å². The van der Waals surface area contributed by atoms with Gasteiger partial charge in [0.15, 0.2) is 10.9 Å². The summed E-state index contributed by atoms with van der Waals surface area (Å²) < 4.78 is 7.66. The third-order valence-electron chi connectivity index (χ3n) is 5.80. The van der Waals surface area contributed by atoms with Crippen LogP contribution in [0.25, 0.3) is 0 Å². The molecule has 0 spiro atoms. The van der Waals surface area contributed by atoms with Crippen molar-refractivity contribution in [1.29, 1.82) is 0 Å². The largest absolute Gasteiger partial charge is 0.378 e. The van der Waals surface area contributed by atoms with E-state index in [9.17, 15) is 4.79 Å². The Labute approximate surface area is 203 Å². The highest BCUT2D eigenvalue weighted by Crippen LogP contribution is 2.38. The molecule has 5 rings (SSSR count). The van der Waals surface area contributed by atoms with Crippen molar-refractivity contribution in [2.24, 2.45) is 0 Å². The molecule has 0 bridgehead atoms. The topological polar surface area (TPSA) is 60.3 Å². The fourth-order valence-corrected chi connectivity index (χ4v) is 5.14. The molecule has 1 saturated heterocycles. The van der Waals surface area contributed by atoms with Crippen molar-refractivity contribution in [3.05, 3.63) is 108 Å². The highest BCUT2D eigenvalue weighted by Gasteiger charge is 2.28. The van der Waals surface area contributed by atoms with Crippen LogP contribution in [0.1, 0.15) is 26.7 Å². The Morgan fingerprint density at radius 2 is 1.47 bits per heavy atom. The molecule has 6 nitrogen and oxygen atoms in total. The Kier molecular flexibility index (Phi) is 7.02. The summed E-state index contributed by atoms with van der Waals surface area (Å²) >= 11 is 1.46. The summed E-state index contributed by atoms with van der Waals surface area (Å²) in [6, 6.07) is 29.6. The summed E-state index contributed by atoms with van der Waals surface area (Å²) in [5.41, 5.74) is 2.79. The molecule has 0 radical (unpaired) electrons. The SMILES string of the molecule is O=C(c1ccccc1)[C@@H](Sc1nnc(N2CCOCC2)n1Cc1ccccc1)c1ccccc1. The molecule has 2 heterocycles. The molecule has 1 aliphatic rings. The van der Waals surface area contributed by atoms with Crippen molar-refractivity contribution < 1.29 is 9.53 Å². The van der Waals surface area contributed by atoms with Crippen molar-refractivity contribution in [3.63, 3.8) is 0 Å². The average molecular weight is 471 g/mol. The normalized spacial score (nSPS) is 14.6. The zero-order valence-electron chi connectivity index (χ0n) is 18.8. The predicted molar refractivity (Wildman–Crippen MR) is 134 cm³/mol. The fraction of sp³-hybridized carbons (Fsp3) is 0.222. The van der Waals surface area contributed by atoms with E-state index in [1.807, 2.05) is 78.9 Å². The van der Waals surface area contributed by atoms with Crippen molar-refractivity contribution >= 4 is 23.5 Å². The van der Waals surface area contributed by atoms with E-state index in [0.717, 1.165) is 35.3 Å². The van der Waals surface area contributed by atoms with Crippen LogP contribution in [-0.2, 0) is 11.3 Å². The summed E-state index contributed by atoms with van der Waals surface area (Å²) in [5, 5.41) is 9.43. The van der Waals surface area contributed by atoms with E-state index >= 15 is 0 Å². The number of benzene rings is 3. The minimum Gasteiger partial charge on any atom is -0.378 e. The Bertz CT molecular complexity index is 1210. The first kappa shape index (κ1) is 22.4. The molecule has 0 unspecified atom stereocenters. The van der Waals surface area contributed by atoms with Crippen LogP contribution in [0.5, 0.6) is 0 Å². The van der Waals surface area contributed by atoms with Gasteiger partial charge in [-0.05, 0) is 11.1 Å². The first-order valence-corrected chi connectivity index (χ1v) is 12.3. The lowest BCUT2D eigenvalue weighted by Crippen LogP contribution is -2.38. The van der Waals surface area contributed by atoms with Gasteiger partial charge in [0.05, 0.1) is 19.8 Å². The van der Waals surface area contributed by atoms with Gasteiger partial charge in [0.25, 0.3) is 0 Å². The molecule has 34 heavy (non-hydrogen) atoms. The second-order valence-electron chi connectivity index (χ2n) is 8.09. The monoisotopic (exact) mass is 470 g/mol. The van der Waals surface area contributed by atoms with Crippen LogP contribution >= 0.6 is 11.8 Å². The predicted octanol–water partition coefficient (Wildman–Crippen LogP) is 4.88. The lowest BCUT2D eigenvalue weighted by atomic mass is 10.0. The van der Waals surface area contributed by atoms with Gasteiger partial charge in [-0.3, -0.25) is 9.36 Å². The highest BCUT2D eigenvalue weighted by molar-refractivity contribution is 8.00. The number of nitrogens with zero attached hydrogens (tertiary/aromatic N) is 4. The summed E-state index contributed by atoms with van der Waals surface area (Å²) in [5.74, 6) is 0.868. The number of hydrogen-bond donors (Lipinski definition) is 0. The maximum absolute atomic E-state index is 13.6. The molecule has 7 heteroatoms. The molecule has 0 N–H and O–H groups in total. The van der Waals surface area contributed by atoms with E-state index < -0.39 is 5.25 Å². The number of hydrogen-bond acceptors (Lipinski definition) is 6. The Morgan fingerprint density at radius 1 is 0.853 bits per heavy atom.